The van der Waals surface area contributed by atoms with E-state index in [4.69, 9.17) is 0 Å². The third kappa shape index (κ3) is 5.29. The number of piperidine rings is 1. The zero-order valence-electron chi connectivity index (χ0n) is 21.2. The van der Waals surface area contributed by atoms with Gasteiger partial charge in [0.25, 0.3) is 0 Å². The quantitative estimate of drug-likeness (QED) is 0.503. The fourth-order valence-corrected chi connectivity index (χ4v) is 7.72. The van der Waals surface area contributed by atoms with Crippen molar-refractivity contribution in [3.05, 3.63) is 35.5 Å². The first-order valence-electron chi connectivity index (χ1n) is 13.3. The van der Waals surface area contributed by atoms with Crippen molar-refractivity contribution >= 4 is 0 Å². The van der Waals surface area contributed by atoms with Crippen LogP contribution in [0.3, 0.4) is 0 Å². The van der Waals surface area contributed by atoms with Crippen LogP contribution in [-0.2, 0) is 0 Å². The fraction of sp³-hybridized carbons (Fsp3) is 0.786. The highest BCUT2D eigenvalue weighted by atomic mass is 19.4. The number of β-amino-alcohol motifs (C(OH)–C–C–N with tert-alkyl or cyclic N) is 1. The van der Waals surface area contributed by atoms with Gasteiger partial charge in [-0.1, -0.05) is 38.2 Å². The van der Waals surface area contributed by atoms with Gasteiger partial charge in [0, 0.05) is 19.5 Å². The summed E-state index contributed by atoms with van der Waals surface area (Å²) in [7, 11) is 0. The number of aliphatic hydroxyl groups is 3. The van der Waals surface area contributed by atoms with Crippen LogP contribution in [0.5, 0.6) is 0 Å². The van der Waals surface area contributed by atoms with Crippen LogP contribution in [0.1, 0.15) is 71.6 Å². The van der Waals surface area contributed by atoms with Crippen LogP contribution in [0.25, 0.3) is 0 Å². The van der Waals surface area contributed by atoms with Crippen LogP contribution in [0.2, 0.25) is 0 Å². The molecule has 3 N–H and O–H groups in total. The first-order chi connectivity index (χ1) is 16.3. The molecular weight excluding hydrogens is 455 g/mol. The summed E-state index contributed by atoms with van der Waals surface area (Å²) in [5.41, 5.74) is 0.546. The van der Waals surface area contributed by atoms with E-state index in [1.165, 1.54) is 5.57 Å². The fourth-order valence-electron chi connectivity index (χ4n) is 7.72. The Hall–Kier alpha value is -1.15. The van der Waals surface area contributed by atoms with Crippen molar-refractivity contribution in [1.82, 2.24) is 4.90 Å². The number of halogens is 3. The summed E-state index contributed by atoms with van der Waals surface area (Å²) in [6.45, 7) is 9.43. The van der Waals surface area contributed by atoms with Crippen molar-refractivity contribution in [3.8, 4) is 0 Å². The van der Waals surface area contributed by atoms with E-state index in [-0.39, 0.29) is 24.3 Å². The molecule has 1 aliphatic heterocycles. The molecule has 3 aliphatic carbocycles. The van der Waals surface area contributed by atoms with Gasteiger partial charge in [0.15, 0.2) is 5.60 Å². The topological polar surface area (TPSA) is 63.9 Å². The van der Waals surface area contributed by atoms with E-state index in [1.54, 1.807) is 0 Å². The maximum Gasteiger partial charge on any atom is 0.418 e. The number of hydrogen-bond donors (Lipinski definition) is 3. The summed E-state index contributed by atoms with van der Waals surface area (Å²) in [5, 5.41) is 30.4. The number of aliphatic hydroxyl groups excluding tert-OH is 2. The molecule has 35 heavy (non-hydrogen) atoms. The molecule has 0 spiro atoms. The minimum absolute atomic E-state index is 0.112. The Labute approximate surface area is 207 Å². The first-order valence-corrected chi connectivity index (χ1v) is 13.3. The van der Waals surface area contributed by atoms with Gasteiger partial charge in [0.1, 0.15) is 0 Å². The van der Waals surface area contributed by atoms with E-state index < -0.39 is 24.0 Å². The van der Waals surface area contributed by atoms with Crippen LogP contribution in [-0.4, -0.2) is 63.8 Å². The lowest BCUT2D eigenvalue weighted by atomic mass is 9.61. The molecule has 0 amide bonds. The van der Waals surface area contributed by atoms with Crippen molar-refractivity contribution in [3.63, 3.8) is 0 Å². The summed E-state index contributed by atoms with van der Waals surface area (Å²) in [5.74, 6) is 1.13. The molecule has 1 saturated heterocycles. The number of fused-ring (bicyclic) bond motifs is 1. The molecule has 4 fully saturated rings. The van der Waals surface area contributed by atoms with Crippen molar-refractivity contribution in [2.75, 3.05) is 19.6 Å². The molecule has 7 heteroatoms. The number of allylic oxidation sites excluding steroid dienone is 3. The van der Waals surface area contributed by atoms with Gasteiger partial charge in [0.2, 0.25) is 0 Å². The molecule has 0 aromatic heterocycles. The van der Waals surface area contributed by atoms with E-state index in [0.29, 0.717) is 49.8 Å². The Balaban J connectivity index is 1.46. The SMILES string of the molecule is C=C1C(=CC=C2CCC[C@]3(C)[C@@H]([C@@H](C)CN4CCCC(O)(C(F)(F)F)C4)CC[C@@H]23)C[C@@H](O)C[C@@H]1O. The molecule has 0 radical (unpaired) electrons. The third-order valence-electron chi connectivity index (χ3n) is 9.61. The van der Waals surface area contributed by atoms with Gasteiger partial charge < -0.3 is 15.3 Å². The molecular formula is C28H42F3NO3. The van der Waals surface area contributed by atoms with Gasteiger partial charge in [-0.15, -0.1) is 0 Å². The van der Waals surface area contributed by atoms with Crippen LogP contribution >= 0.6 is 0 Å². The molecule has 4 rings (SSSR count). The molecule has 0 aromatic carbocycles. The number of hydrogen-bond acceptors (Lipinski definition) is 4. The average molecular weight is 498 g/mol. The Morgan fingerprint density at radius 1 is 1.17 bits per heavy atom. The second-order valence-corrected chi connectivity index (χ2v) is 12.0. The average Bonchev–Trinajstić information content (AvgIpc) is 3.12. The second kappa shape index (κ2) is 9.96. The minimum Gasteiger partial charge on any atom is -0.393 e. The van der Waals surface area contributed by atoms with Gasteiger partial charge in [-0.25, -0.2) is 0 Å². The van der Waals surface area contributed by atoms with Crippen molar-refractivity contribution in [2.45, 2.75) is 95.6 Å². The Bertz CT molecular complexity index is 868. The molecule has 0 aromatic rings. The second-order valence-electron chi connectivity index (χ2n) is 12.0. The third-order valence-corrected chi connectivity index (χ3v) is 9.61. The molecule has 4 nitrogen and oxygen atoms in total. The number of alkyl halides is 3. The van der Waals surface area contributed by atoms with Crippen LogP contribution in [0.15, 0.2) is 35.5 Å². The molecule has 198 valence electrons. The number of rotatable bonds is 4. The van der Waals surface area contributed by atoms with E-state index in [2.05, 4.69) is 26.5 Å². The van der Waals surface area contributed by atoms with Gasteiger partial charge in [-0.3, -0.25) is 4.90 Å². The van der Waals surface area contributed by atoms with Gasteiger partial charge in [-0.2, -0.15) is 13.2 Å². The van der Waals surface area contributed by atoms with Gasteiger partial charge in [0.05, 0.1) is 12.2 Å². The maximum atomic E-state index is 13.4. The predicted molar refractivity (Wildman–Crippen MR) is 131 cm³/mol. The normalized spacial score (nSPS) is 42.5. The monoisotopic (exact) mass is 497 g/mol. The summed E-state index contributed by atoms with van der Waals surface area (Å²) in [6, 6.07) is 0. The van der Waals surface area contributed by atoms with Crippen molar-refractivity contribution in [2.24, 2.45) is 23.2 Å². The van der Waals surface area contributed by atoms with Gasteiger partial charge >= 0.3 is 6.18 Å². The van der Waals surface area contributed by atoms with Crippen molar-refractivity contribution < 1.29 is 28.5 Å². The van der Waals surface area contributed by atoms with Gasteiger partial charge in [-0.05, 0) is 92.2 Å². The zero-order valence-corrected chi connectivity index (χ0v) is 21.2. The Morgan fingerprint density at radius 3 is 2.63 bits per heavy atom. The Morgan fingerprint density at radius 2 is 1.91 bits per heavy atom. The van der Waals surface area contributed by atoms with E-state index >= 15 is 0 Å². The minimum atomic E-state index is -4.59. The summed E-state index contributed by atoms with van der Waals surface area (Å²) < 4.78 is 40.2. The highest BCUT2D eigenvalue weighted by Gasteiger charge is 2.56. The summed E-state index contributed by atoms with van der Waals surface area (Å²) in [6.07, 6.45) is 4.80. The molecule has 4 aliphatic rings. The largest absolute Gasteiger partial charge is 0.418 e. The lowest BCUT2D eigenvalue weighted by Crippen LogP contribution is -2.57. The molecule has 3 saturated carbocycles. The standard InChI is InChI=1S/C28H42F3NO3/c1-18(16-32-13-5-12-27(35,17-32)28(29,30)31)23-9-10-24-20(6-4-11-26(23,24)3)7-8-21-14-22(33)15-25(34)19(21)2/h7-8,18,22-25,33-35H,2,4-6,9-17H2,1,3H3/t18-,22+,23+,24-,25-,26+,27?/m0/s1. The first kappa shape index (κ1) is 26.9. The van der Waals surface area contributed by atoms with Crippen LogP contribution in [0, 0.1) is 23.2 Å². The summed E-state index contributed by atoms with van der Waals surface area (Å²) in [4.78, 5) is 1.83. The summed E-state index contributed by atoms with van der Waals surface area (Å²) >= 11 is 0. The smallest absolute Gasteiger partial charge is 0.393 e. The maximum absolute atomic E-state index is 13.4. The Kier molecular flexibility index (Phi) is 7.65. The highest BCUT2D eigenvalue weighted by molar-refractivity contribution is 5.38. The van der Waals surface area contributed by atoms with E-state index in [1.807, 2.05) is 11.0 Å². The lowest BCUT2D eigenvalue weighted by Gasteiger charge is -2.46. The molecule has 7 atom stereocenters. The predicted octanol–water partition coefficient (Wildman–Crippen LogP) is 5.15. The molecule has 0 bridgehead atoms. The zero-order chi connectivity index (χ0) is 25.6. The van der Waals surface area contributed by atoms with Crippen LogP contribution < -0.4 is 0 Å². The lowest BCUT2D eigenvalue weighted by molar-refractivity contribution is -0.274. The molecule has 1 heterocycles. The van der Waals surface area contributed by atoms with Crippen molar-refractivity contribution in [1.29, 1.82) is 0 Å². The molecule has 1 unspecified atom stereocenters. The number of likely N-dealkylation sites (tertiary alicyclic amines) is 1. The van der Waals surface area contributed by atoms with Crippen LogP contribution in [0.4, 0.5) is 13.2 Å². The number of nitrogens with zero attached hydrogens (tertiary/aromatic N) is 1. The highest BCUT2D eigenvalue weighted by Crippen LogP contribution is 2.59. The van der Waals surface area contributed by atoms with E-state index in [0.717, 1.165) is 37.7 Å². The van der Waals surface area contributed by atoms with E-state index in [9.17, 15) is 28.5 Å².